The minimum Gasteiger partial charge on any atom is -0.446 e. The van der Waals surface area contributed by atoms with Gasteiger partial charge in [0.1, 0.15) is 6.26 Å². The van der Waals surface area contributed by atoms with Crippen molar-refractivity contribution >= 4 is 5.91 Å². The fourth-order valence-corrected chi connectivity index (χ4v) is 2.11. The first-order valence-electron chi connectivity index (χ1n) is 6.78. The number of aromatic nitrogens is 1. The Morgan fingerprint density at radius 1 is 1.61 bits per heavy atom. The second kappa shape index (κ2) is 6.54. The van der Waals surface area contributed by atoms with Gasteiger partial charge in [0.25, 0.3) is 5.91 Å². The molecule has 5 nitrogen and oxygen atoms in total. The number of amides is 1. The number of rotatable bonds is 6. The lowest BCUT2D eigenvalue weighted by Gasteiger charge is -2.03. The summed E-state index contributed by atoms with van der Waals surface area (Å²) in [6.07, 6.45) is 6.90. The average molecular weight is 251 g/mol. The minimum absolute atomic E-state index is 0.140. The second-order valence-electron chi connectivity index (χ2n) is 4.68. The highest BCUT2D eigenvalue weighted by Gasteiger charge is 2.22. The summed E-state index contributed by atoms with van der Waals surface area (Å²) >= 11 is 0. The molecule has 1 fully saturated rings. The average Bonchev–Trinajstić information content (AvgIpc) is 3.03. The number of nitrogens with one attached hydrogen (secondary N) is 2. The van der Waals surface area contributed by atoms with Crippen molar-refractivity contribution in [2.45, 2.75) is 45.1 Å². The molecular weight excluding hydrogens is 230 g/mol. The highest BCUT2D eigenvalue weighted by Crippen LogP contribution is 2.21. The minimum atomic E-state index is -0.140. The lowest BCUT2D eigenvalue weighted by atomic mass is 10.2. The van der Waals surface area contributed by atoms with Crippen LogP contribution in [0, 0.1) is 0 Å². The van der Waals surface area contributed by atoms with Crippen LogP contribution in [0.5, 0.6) is 0 Å². The van der Waals surface area contributed by atoms with E-state index in [1.807, 2.05) is 0 Å². The molecule has 0 bridgehead atoms. The summed E-state index contributed by atoms with van der Waals surface area (Å²) in [6.45, 7) is 3.84. The molecule has 1 atom stereocenters. The normalized spacial score (nSPS) is 19.1. The largest absolute Gasteiger partial charge is 0.446 e. The van der Waals surface area contributed by atoms with Gasteiger partial charge in [0, 0.05) is 6.54 Å². The monoisotopic (exact) mass is 251 g/mol. The molecule has 1 aliphatic heterocycles. The number of hydrogen-bond acceptors (Lipinski definition) is 4. The number of oxazole rings is 1. The molecule has 1 aliphatic rings. The number of hydrogen-bond donors (Lipinski definition) is 2. The topological polar surface area (TPSA) is 67.2 Å². The summed E-state index contributed by atoms with van der Waals surface area (Å²) in [5.41, 5.74) is 0.384. The van der Waals surface area contributed by atoms with E-state index < -0.39 is 0 Å². The maximum absolute atomic E-state index is 11.8. The van der Waals surface area contributed by atoms with Crippen LogP contribution in [-0.2, 0) is 0 Å². The molecule has 0 spiro atoms. The fraction of sp³-hybridized carbons (Fsp3) is 0.692. The van der Waals surface area contributed by atoms with Crippen LogP contribution in [0.15, 0.2) is 10.7 Å². The van der Waals surface area contributed by atoms with Gasteiger partial charge < -0.3 is 15.1 Å². The van der Waals surface area contributed by atoms with E-state index >= 15 is 0 Å². The first-order chi connectivity index (χ1) is 8.81. The van der Waals surface area contributed by atoms with Crippen LogP contribution in [0.3, 0.4) is 0 Å². The summed E-state index contributed by atoms with van der Waals surface area (Å²) in [7, 11) is 0. The quantitative estimate of drug-likeness (QED) is 0.759. The van der Waals surface area contributed by atoms with Crippen molar-refractivity contribution in [2.75, 3.05) is 13.1 Å². The van der Waals surface area contributed by atoms with Gasteiger partial charge in [-0.15, -0.1) is 0 Å². The summed E-state index contributed by atoms with van der Waals surface area (Å²) in [6, 6.07) is 0.173. The number of carbonyl (C=O) groups is 1. The van der Waals surface area contributed by atoms with Crippen molar-refractivity contribution in [3.63, 3.8) is 0 Å². The zero-order valence-electron chi connectivity index (χ0n) is 10.9. The standard InChI is InChI=1S/C13H21N3O2/c1-2-3-4-7-15-12(17)11-9-18-13(16-11)10-6-5-8-14-10/h9-10,14H,2-8H2,1H3,(H,15,17). The van der Waals surface area contributed by atoms with Gasteiger partial charge >= 0.3 is 0 Å². The lowest BCUT2D eigenvalue weighted by molar-refractivity contribution is 0.0948. The molecule has 1 aromatic heterocycles. The van der Waals surface area contributed by atoms with Crippen LogP contribution in [0.25, 0.3) is 0 Å². The predicted molar refractivity (Wildman–Crippen MR) is 68.3 cm³/mol. The zero-order valence-corrected chi connectivity index (χ0v) is 10.9. The first-order valence-corrected chi connectivity index (χ1v) is 6.78. The van der Waals surface area contributed by atoms with Crippen molar-refractivity contribution in [2.24, 2.45) is 0 Å². The molecule has 2 N–H and O–H groups in total. The van der Waals surface area contributed by atoms with E-state index in [1.165, 1.54) is 6.26 Å². The molecule has 18 heavy (non-hydrogen) atoms. The third-order valence-electron chi connectivity index (χ3n) is 3.18. The molecular formula is C13H21N3O2. The molecule has 1 aromatic rings. The van der Waals surface area contributed by atoms with E-state index in [9.17, 15) is 4.79 Å². The van der Waals surface area contributed by atoms with Crippen LogP contribution >= 0.6 is 0 Å². The number of carbonyl (C=O) groups excluding carboxylic acids is 1. The molecule has 2 heterocycles. The second-order valence-corrected chi connectivity index (χ2v) is 4.68. The lowest BCUT2D eigenvalue weighted by Crippen LogP contribution is -2.25. The van der Waals surface area contributed by atoms with Gasteiger partial charge in [-0.25, -0.2) is 4.98 Å². The van der Waals surface area contributed by atoms with Crippen LogP contribution < -0.4 is 10.6 Å². The van der Waals surface area contributed by atoms with Crippen LogP contribution in [0.1, 0.15) is 61.4 Å². The van der Waals surface area contributed by atoms with Crippen LogP contribution in [-0.4, -0.2) is 24.0 Å². The van der Waals surface area contributed by atoms with Crippen molar-refractivity contribution in [1.29, 1.82) is 0 Å². The third kappa shape index (κ3) is 3.32. The van der Waals surface area contributed by atoms with Gasteiger partial charge in [0.05, 0.1) is 6.04 Å². The predicted octanol–water partition coefficient (Wildman–Crippen LogP) is 2.02. The molecule has 5 heteroatoms. The van der Waals surface area contributed by atoms with Crippen molar-refractivity contribution in [3.8, 4) is 0 Å². The summed E-state index contributed by atoms with van der Waals surface area (Å²) in [4.78, 5) is 16.0. The maximum Gasteiger partial charge on any atom is 0.273 e. The van der Waals surface area contributed by atoms with Crippen molar-refractivity contribution in [1.82, 2.24) is 15.6 Å². The molecule has 100 valence electrons. The third-order valence-corrected chi connectivity index (χ3v) is 3.18. The van der Waals surface area contributed by atoms with E-state index in [0.29, 0.717) is 18.1 Å². The molecule has 2 rings (SSSR count). The summed E-state index contributed by atoms with van der Waals surface area (Å²) in [5.74, 6) is 0.491. The first kappa shape index (κ1) is 13.1. The van der Waals surface area contributed by atoms with E-state index in [2.05, 4.69) is 22.5 Å². The van der Waals surface area contributed by atoms with Crippen molar-refractivity contribution in [3.05, 3.63) is 17.8 Å². The Hall–Kier alpha value is -1.36. The Morgan fingerprint density at radius 3 is 3.22 bits per heavy atom. The van der Waals surface area contributed by atoms with Gasteiger partial charge in [-0.1, -0.05) is 19.8 Å². The SMILES string of the molecule is CCCCCNC(=O)c1coc(C2CCCN2)n1. The van der Waals surface area contributed by atoms with Gasteiger partial charge in [-0.3, -0.25) is 4.79 Å². The highest BCUT2D eigenvalue weighted by molar-refractivity contribution is 5.91. The van der Waals surface area contributed by atoms with Gasteiger partial charge in [0.15, 0.2) is 5.69 Å². The Labute approximate surface area is 107 Å². The number of nitrogens with zero attached hydrogens (tertiary/aromatic N) is 1. The molecule has 0 aliphatic carbocycles. The Balaban J connectivity index is 1.83. The van der Waals surface area contributed by atoms with Gasteiger partial charge in [-0.2, -0.15) is 0 Å². The zero-order chi connectivity index (χ0) is 12.8. The Bertz CT molecular complexity index is 383. The highest BCUT2D eigenvalue weighted by atomic mass is 16.3. The van der Waals surface area contributed by atoms with E-state index in [1.54, 1.807) is 0 Å². The molecule has 1 amide bonds. The Morgan fingerprint density at radius 2 is 2.50 bits per heavy atom. The van der Waals surface area contributed by atoms with Gasteiger partial charge in [-0.05, 0) is 25.8 Å². The molecule has 1 unspecified atom stereocenters. The van der Waals surface area contributed by atoms with Gasteiger partial charge in [0.2, 0.25) is 5.89 Å². The van der Waals surface area contributed by atoms with Crippen molar-refractivity contribution < 1.29 is 9.21 Å². The molecule has 0 saturated carbocycles. The molecule has 0 radical (unpaired) electrons. The maximum atomic E-state index is 11.8. The fourth-order valence-electron chi connectivity index (χ4n) is 2.11. The van der Waals surface area contributed by atoms with Crippen LogP contribution in [0.2, 0.25) is 0 Å². The molecule has 0 aromatic carbocycles. The van der Waals surface area contributed by atoms with Crippen LogP contribution in [0.4, 0.5) is 0 Å². The Kier molecular flexibility index (Phi) is 4.75. The number of unbranched alkanes of at least 4 members (excludes halogenated alkanes) is 2. The summed E-state index contributed by atoms with van der Waals surface area (Å²) in [5, 5.41) is 6.15. The van der Waals surface area contributed by atoms with E-state index in [4.69, 9.17) is 4.42 Å². The molecule has 1 saturated heterocycles. The van der Waals surface area contributed by atoms with E-state index in [-0.39, 0.29) is 11.9 Å². The van der Waals surface area contributed by atoms with E-state index in [0.717, 1.165) is 38.6 Å². The summed E-state index contributed by atoms with van der Waals surface area (Å²) < 4.78 is 5.36. The smallest absolute Gasteiger partial charge is 0.273 e.